The van der Waals surface area contributed by atoms with Crippen LogP contribution in [0.2, 0.25) is 0 Å². The van der Waals surface area contributed by atoms with Crippen LogP contribution in [-0.4, -0.2) is 34.8 Å². The number of Topliss-reactive ketones (excluding diaryl/α,β-unsaturated/α-hetero) is 1. The van der Waals surface area contributed by atoms with Crippen LogP contribution in [0.5, 0.6) is 0 Å². The van der Waals surface area contributed by atoms with Crippen molar-refractivity contribution in [1.82, 2.24) is 5.32 Å². The first-order chi connectivity index (χ1) is 9.94. The van der Waals surface area contributed by atoms with E-state index in [9.17, 15) is 14.4 Å². The first-order valence-electron chi connectivity index (χ1n) is 6.83. The van der Waals surface area contributed by atoms with Gasteiger partial charge >= 0.3 is 5.97 Å². The van der Waals surface area contributed by atoms with E-state index < -0.39 is 11.5 Å². The Bertz CT molecular complexity index is 579. The van der Waals surface area contributed by atoms with Crippen molar-refractivity contribution >= 4 is 23.3 Å². The average molecular weight is 290 g/mol. The van der Waals surface area contributed by atoms with Crippen molar-refractivity contribution in [3.8, 4) is 0 Å². The fourth-order valence-electron chi connectivity index (χ4n) is 2.34. The van der Waals surface area contributed by atoms with Crippen LogP contribution < -0.4 is 10.6 Å². The molecule has 1 aromatic rings. The van der Waals surface area contributed by atoms with Crippen LogP contribution in [0.15, 0.2) is 24.3 Å². The van der Waals surface area contributed by atoms with E-state index in [1.54, 1.807) is 24.3 Å². The Morgan fingerprint density at radius 2 is 1.90 bits per heavy atom. The van der Waals surface area contributed by atoms with E-state index >= 15 is 0 Å². The molecule has 6 heteroatoms. The summed E-state index contributed by atoms with van der Waals surface area (Å²) in [5.41, 5.74) is -0.102. The van der Waals surface area contributed by atoms with Crippen LogP contribution in [0.4, 0.5) is 5.69 Å². The molecule has 1 aliphatic rings. The molecule has 1 fully saturated rings. The van der Waals surface area contributed by atoms with E-state index in [0.717, 1.165) is 6.42 Å². The zero-order valence-electron chi connectivity index (χ0n) is 11.8. The third kappa shape index (κ3) is 3.28. The van der Waals surface area contributed by atoms with E-state index in [0.29, 0.717) is 24.1 Å². The van der Waals surface area contributed by atoms with E-state index in [4.69, 9.17) is 5.11 Å². The summed E-state index contributed by atoms with van der Waals surface area (Å²) in [5.74, 6) is -1.43. The molecule has 0 spiro atoms. The van der Waals surface area contributed by atoms with E-state index in [2.05, 4.69) is 10.6 Å². The lowest BCUT2D eigenvalue weighted by atomic mass is 9.77. The Labute approximate surface area is 122 Å². The molecule has 112 valence electrons. The van der Waals surface area contributed by atoms with Crippen LogP contribution in [-0.2, 0) is 9.59 Å². The first-order valence-corrected chi connectivity index (χ1v) is 6.83. The monoisotopic (exact) mass is 290 g/mol. The second-order valence-electron chi connectivity index (χ2n) is 5.24. The van der Waals surface area contributed by atoms with Crippen LogP contribution in [0.1, 0.15) is 36.5 Å². The molecule has 1 saturated carbocycles. The number of benzene rings is 1. The number of carboxylic acid groups (broad SMARTS) is 1. The Morgan fingerprint density at radius 3 is 2.43 bits per heavy atom. The summed E-state index contributed by atoms with van der Waals surface area (Å²) in [6, 6.07) is 6.72. The standard InChI is InChI=1S/C15H18N2O4/c1-10(18)11-5-2-3-6-12(11)17-13(19)9-16-15(14(20)21)7-4-8-15/h2-3,5-6,16H,4,7-9H2,1H3,(H,17,19)(H,20,21). The molecule has 0 bridgehead atoms. The Kier molecular flexibility index (Phi) is 4.37. The molecule has 0 aliphatic heterocycles. The molecular formula is C15H18N2O4. The SMILES string of the molecule is CC(=O)c1ccccc1NC(=O)CNC1(C(=O)O)CCC1. The van der Waals surface area contributed by atoms with Gasteiger partial charge in [0.1, 0.15) is 5.54 Å². The second kappa shape index (κ2) is 6.05. The third-order valence-electron chi connectivity index (χ3n) is 3.78. The van der Waals surface area contributed by atoms with E-state index in [1.165, 1.54) is 6.92 Å². The molecule has 1 aliphatic carbocycles. The molecule has 0 heterocycles. The normalized spacial score (nSPS) is 15.9. The van der Waals surface area contributed by atoms with Gasteiger partial charge in [0.25, 0.3) is 0 Å². The Balaban J connectivity index is 1.97. The summed E-state index contributed by atoms with van der Waals surface area (Å²) in [5, 5.41) is 14.6. The van der Waals surface area contributed by atoms with Gasteiger partial charge in [-0.25, -0.2) is 0 Å². The molecule has 3 N–H and O–H groups in total. The molecule has 0 unspecified atom stereocenters. The maximum Gasteiger partial charge on any atom is 0.323 e. The van der Waals surface area contributed by atoms with Crippen molar-refractivity contribution in [1.29, 1.82) is 0 Å². The first kappa shape index (κ1) is 15.2. The van der Waals surface area contributed by atoms with E-state index in [-0.39, 0.29) is 18.2 Å². The Morgan fingerprint density at radius 1 is 1.24 bits per heavy atom. The highest BCUT2D eigenvalue weighted by atomic mass is 16.4. The second-order valence-corrected chi connectivity index (χ2v) is 5.24. The molecule has 1 amide bonds. The minimum atomic E-state index is -0.975. The van der Waals surface area contributed by atoms with Gasteiger partial charge in [0.2, 0.25) is 5.91 Å². The molecule has 1 aromatic carbocycles. The number of para-hydroxylation sites is 1. The predicted octanol–water partition coefficient (Wildman–Crippen LogP) is 1.42. The number of carbonyl (C=O) groups excluding carboxylic acids is 2. The van der Waals surface area contributed by atoms with Gasteiger partial charge < -0.3 is 10.4 Å². The van der Waals surface area contributed by atoms with Gasteiger partial charge in [-0.15, -0.1) is 0 Å². The quantitative estimate of drug-likeness (QED) is 0.689. The van der Waals surface area contributed by atoms with Gasteiger partial charge in [-0.3, -0.25) is 19.7 Å². The number of aliphatic carboxylic acids is 1. The fourth-order valence-corrected chi connectivity index (χ4v) is 2.34. The van der Waals surface area contributed by atoms with Gasteiger partial charge in [0.05, 0.1) is 12.2 Å². The molecule has 0 saturated heterocycles. The third-order valence-corrected chi connectivity index (χ3v) is 3.78. The summed E-state index contributed by atoms with van der Waals surface area (Å²) >= 11 is 0. The number of hydrogen-bond acceptors (Lipinski definition) is 4. The number of ketones is 1. The smallest absolute Gasteiger partial charge is 0.323 e. The lowest BCUT2D eigenvalue weighted by Crippen LogP contribution is -2.58. The summed E-state index contributed by atoms with van der Waals surface area (Å²) in [6.45, 7) is 1.33. The Hall–Kier alpha value is -2.21. The number of carbonyl (C=O) groups is 3. The van der Waals surface area contributed by atoms with Crippen LogP contribution in [0.3, 0.4) is 0 Å². The van der Waals surface area contributed by atoms with Crippen molar-refractivity contribution < 1.29 is 19.5 Å². The summed E-state index contributed by atoms with van der Waals surface area (Å²) in [6.07, 6.45) is 1.90. The molecule has 6 nitrogen and oxygen atoms in total. The van der Waals surface area contributed by atoms with Gasteiger partial charge in [-0.1, -0.05) is 12.1 Å². The van der Waals surface area contributed by atoms with Crippen LogP contribution in [0.25, 0.3) is 0 Å². The molecular weight excluding hydrogens is 272 g/mol. The van der Waals surface area contributed by atoms with Crippen molar-refractivity contribution in [3.05, 3.63) is 29.8 Å². The largest absolute Gasteiger partial charge is 0.480 e. The number of nitrogens with one attached hydrogen (secondary N) is 2. The molecule has 21 heavy (non-hydrogen) atoms. The van der Waals surface area contributed by atoms with Gasteiger partial charge in [0, 0.05) is 5.56 Å². The molecule has 2 rings (SSSR count). The lowest BCUT2D eigenvalue weighted by Gasteiger charge is -2.38. The van der Waals surface area contributed by atoms with Gasteiger partial charge in [0.15, 0.2) is 5.78 Å². The molecule has 0 atom stereocenters. The summed E-state index contributed by atoms with van der Waals surface area (Å²) in [4.78, 5) is 34.6. The van der Waals surface area contributed by atoms with Crippen LogP contribution >= 0.6 is 0 Å². The number of rotatable bonds is 6. The number of hydrogen-bond donors (Lipinski definition) is 3. The van der Waals surface area contributed by atoms with Crippen molar-refractivity contribution in [2.24, 2.45) is 0 Å². The maximum absolute atomic E-state index is 11.9. The average Bonchev–Trinajstić information content (AvgIpc) is 2.37. The van der Waals surface area contributed by atoms with Crippen LogP contribution in [0, 0.1) is 0 Å². The molecule has 0 aromatic heterocycles. The van der Waals surface area contributed by atoms with Gasteiger partial charge in [-0.2, -0.15) is 0 Å². The van der Waals surface area contributed by atoms with Crippen molar-refractivity contribution in [2.75, 3.05) is 11.9 Å². The summed E-state index contributed by atoms with van der Waals surface area (Å²) in [7, 11) is 0. The fraction of sp³-hybridized carbons (Fsp3) is 0.400. The number of carboxylic acids is 1. The lowest BCUT2D eigenvalue weighted by molar-refractivity contribution is -0.148. The van der Waals surface area contributed by atoms with E-state index in [1.807, 2.05) is 0 Å². The summed E-state index contributed by atoms with van der Waals surface area (Å²) < 4.78 is 0. The maximum atomic E-state index is 11.9. The minimum Gasteiger partial charge on any atom is -0.480 e. The topological polar surface area (TPSA) is 95.5 Å². The predicted molar refractivity (Wildman–Crippen MR) is 77.3 cm³/mol. The molecule has 0 radical (unpaired) electrons. The zero-order valence-corrected chi connectivity index (χ0v) is 11.8. The zero-order chi connectivity index (χ0) is 15.5. The number of anilines is 1. The van der Waals surface area contributed by atoms with Gasteiger partial charge in [-0.05, 0) is 38.3 Å². The number of amides is 1. The van der Waals surface area contributed by atoms with Crippen molar-refractivity contribution in [3.63, 3.8) is 0 Å². The van der Waals surface area contributed by atoms with Crippen molar-refractivity contribution in [2.45, 2.75) is 31.7 Å². The highest BCUT2D eigenvalue weighted by Crippen LogP contribution is 2.31. The highest BCUT2D eigenvalue weighted by Gasteiger charge is 2.44. The highest BCUT2D eigenvalue weighted by molar-refractivity contribution is 6.04. The minimum absolute atomic E-state index is 0.0987.